The zero-order valence-corrected chi connectivity index (χ0v) is 36.6. The Morgan fingerprint density at radius 1 is 0.444 bits per heavy atom. The molecule has 272 valence electrons. The first-order valence-electron chi connectivity index (χ1n) is 20.5. The molecule has 2 aliphatic carbocycles. The summed E-state index contributed by atoms with van der Waals surface area (Å²) in [6.45, 7) is 12.5. The fourth-order valence-electron chi connectivity index (χ4n) is 13.7. The van der Waals surface area contributed by atoms with Gasteiger partial charge in [0.25, 0.3) is 0 Å². The molecular formula is C52H56SiZr. The molecule has 0 saturated carbocycles. The number of unbranched alkanes of at least 4 members (excludes halogenated alkanes) is 2. The van der Waals surface area contributed by atoms with E-state index in [0.29, 0.717) is 0 Å². The van der Waals surface area contributed by atoms with E-state index in [4.69, 9.17) is 0 Å². The van der Waals surface area contributed by atoms with Gasteiger partial charge < -0.3 is 0 Å². The Morgan fingerprint density at radius 3 is 1.15 bits per heavy atom. The molecule has 2 aliphatic rings. The van der Waals surface area contributed by atoms with Crippen molar-refractivity contribution in [3.63, 3.8) is 0 Å². The van der Waals surface area contributed by atoms with E-state index in [1.807, 2.05) is 0 Å². The number of hydrogen-bond acceptors (Lipinski definition) is 0. The van der Waals surface area contributed by atoms with Gasteiger partial charge in [-0.15, -0.1) is 0 Å². The zero-order valence-electron chi connectivity index (χ0n) is 32.8. The topological polar surface area (TPSA) is 0 Å². The molecule has 0 nitrogen and oxygen atoms in total. The van der Waals surface area contributed by atoms with E-state index in [0.717, 1.165) is 12.8 Å². The first-order valence-corrected chi connectivity index (χ1v) is 35.2. The van der Waals surface area contributed by atoms with Crippen LogP contribution in [-0.4, -0.2) is 6.88 Å². The molecule has 0 spiro atoms. The quantitative estimate of drug-likeness (QED) is 0.108. The predicted molar refractivity (Wildman–Crippen MR) is 237 cm³/mol. The summed E-state index contributed by atoms with van der Waals surface area (Å²) in [4.78, 5) is 0. The summed E-state index contributed by atoms with van der Waals surface area (Å²) in [5.74, 6) is 0. The third-order valence-corrected chi connectivity index (χ3v) is 66.4. The van der Waals surface area contributed by atoms with Gasteiger partial charge >= 0.3 is 322 Å². The molecule has 0 aromatic heterocycles. The van der Waals surface area contributed by atoms with Crippen molar-refractivity contribution in [2.45, 2.75) is 68.9 Å². The monoisotopic (exact) mass is 798 g/mol. The second-order valence-electron chi connectivity index (χ2n) is 17.8. The van der Waals surface area contributed by atoms with Crippen LogP contribution in [0.15, 0.2) is 169 Å². The Balaban J connectivity index is 1.66. The van der Waals surface area contributed by atoms with Crippen molar-refractivity contribution in [2.75, 3.05) is 0 Å². The van der Waals surface area contributed by atoms with Crippen LogP contribution in [0.5, 0.6) is 0 Å². The van der Waals surface area contributed by atoms with Crippen LogP contribution in [0.3, 0.4) is 0 Å². The van der Waals surface area contributed by atoms with Crippen LogP contribution in [0.1, 0.15) is 82.9 Å². The third-order valence-electron chi connectivity index (χ3n) is 15.4. The molecule has 0 aliphatic heterocycles. The summed E-state index contributed by atoms with van der Waals surface area (Å²) in [5.41, 5.74) is 14.3. The Labute approximate surface area is 320 Å². The summed E-state index contributed by atoms with van der Waals surface area (Å²) in [5, 5.41) is 0. The van der Waals surface area contributed by atoms with Gasteiger partial charge in [-0.25, -0.2) is 0 Å². The molecule has 0 bridgehead atoms. The minimum atomic E-state index is -6.24. The Morgan fingerprint density at radius 2 is 0.796 bits per heavy atom. The number of hydrogen-bond donors (Lipinski definition) is 0. The van der Waals surface area contributed by atoms with Crippen LogP contribution >= 0.6 is 0 Å². The zero-order chi connectivity index (χ0) is 37.5. The van der Waals surface area contributed by atoms with E-state index >= 15 is 0 Å². The minimum absolute atomic E-state index is 0.223. The van der Waals surface area contributed by atoms with E-state index in [1.165, 1.54) is 76.8 Å². The molecular weight excluding hydrogens is 744 g/mol. The summed E-state index contributed by atoms with van der Waals surface area (Å²) in [7, 11) is 0. The molecule has 0 radical (unpaired) electrons. The van der Waals surface area contributed by atoms with Gasteiger partial charge in [-0.05, 0) is 0 Å². The van der Waals surface area contributed by atoms with Crippen LogP contribution in [0.2, 0.25) is 8.26 Å². The fraction of sp³-hybridized carbons (Fsp3) is 0.231. The Hall–Kier alpha value is -4.10. The standard InChI is InChI=1S/2C16H13.2C6H5.2C4H9.H2Si.Zr/c2*1-12-10-14-8-5-9-15(16(14)11-12)13-6-3-2-4-7-13;2*1-2-4-6-5-3-1;2*1-3-4-2;;/h2*2-11H,1H3;2*1-5H;2*1,3-4H2,2H3;1H2;. The van der Waals surface area contributed by atoms with E-state index in [2.05, 4.69) is 204 Å². The van der Waals surface area contributed by atoms with Crippen LogP contribution in [0, 0.1) is 0 Å². The van der Waals surface area contributed by atoms with E-state index in [1.54, 1.807) is 6.54 Å². The Kier molecular flexibility index (Phi) is 8.87. The second-order valence-corrected chi connectivity index (χ2v) is 60.1. The van der Waals surface area contributed by atoms with Crippen molar-refractivity contribution in [2.24, 2.45) is 0 Å². The summed E-state index contributed by atoms with van der Waals surface area (Å²) < 4.78 is 6.09. The van der Waals surface area contributed by atoms with Crippen molar-refractivity contribution in [3.8, 4) is 22.3 Å². The van der Waals surface area contributed by atoms with Crippen molar-refractivity contribution in [1.29, 1.82) is 0 Å². The van der Waals surface area contributed by atoms with Gasteiger partial charge in [0.1, 0.15) is 0 Å². The van der Waals surface area contributed by atoms with Crippen molar-refractivity contribution in [1.82, 2.24) is 0 Å². The number of rotatable bonds is 12. The summed E-state index contributed by atoms with van der Waals surface area (Å²) in [6.07, 6.45) is 9.90. The number of fused-ring (bicyclic) bond motifs is 2. The van der Waals surface area contributed by atoms with Gasteiger partial charge in [0.15, 0.2) is 0 Å². The molecule has 6 aromatic rings. The average molecular weight is 800 g/mol. The van der Waals surface area contributed by atoms with Gasteiger partial charge in [0, 0.05) is 0 Å². The molecule has 6 aromatic carbocycles. The van der Waals surface area contributed by atoms with Crippen LogP contribution in [0.25, 0.3) is 34.4 Å². The van der Waals surface area contributed by atoms with Crippen molar-refractivity contribution in [3.05, 3.63) is 191 Å². The van der Waals surface area contributed by atoms with E-state index in [-0.39, 0.29) is 7.25 Å². The van der Waals surface area contributed by atoms with Crippen molar-refractivity contribution >= 4 is 25.6 Å². The molecule has 54 heavy (non-hydrogen) atoms. The molecule has 8 rings (SSSR count). The first kappa shape index (κ1) is 36.9. The van der Waals surface area contributed by atoms with Gasteiger partial charge in [-0.3, -0.25) is 0 Å². The predicted octanol–water partition coefficient (Wildman–Crippen LogP) is 13.0. The Bertz CT molecular complexity index is 2360. The maximum absolute atomic E-state index is 6.24. The molecule has 0 N–H and O–H groups in total. The fourth-order valence-corrected chi connectivity index (χ4v) is 67.7. The number of allylic oxidation sites excluding steroid dienone is 2. The van der Waals surface area contributed by atoms with Gasteiger partial charge in [-0.2, -0.15) is 0 Å². The van der Waals surface area contributed by atoms with E-state index < -0.39 is 14.4 Å². The first-order chi connectivity index (χ1) is 26.2. The normalized spacial score (nSPS) is 18.3. The van der Waals surface area contributed by atoms with Crippen LogP contribution in [0.4, 0.5) is 0 Å². The van der Waals surface area contributed by atoms with Crippen LogP contribution in [-0.2, 0) is 14.4 Å². The average Bonchev–Trinajstić information content (AvgIpc) is 3.78. The van der Waals surface area contributed by atoms with Crippen LogP contribution < -0.4 is 6.54 Å². The maximum atomic E-state index is 2.63. The molecule has 2 atom stereocenters. The van der Waals surface area contributed by atoms with Crippen molar-refractivity contribution < 1.29 is 14.4 Å². The molecule has 0 heterocycles. The molecule has 2 unspecified atom stereocenters. The number of benzene rings is 6. The summed E-state index contributed by atoms with van der Waals surface area (Å²) >= 11 is -6.24. The van der Waals surface area contributed by atoms with E-state index in [9.17, 15) is 0 Å². The van der Waals surface area contributed by atoms with Gasteiger partial charge in [-0.1, -0.05) is 0 Å². The molecule has 0 amide bonds. The second kappa shape index (κ2) is 13.0. The third kappa shape index (κ3) is 4.57. The molecule has 0 fully saturated rings. The molecule has 2 heteroatoms. The SMILES string of the molecule is CCC[CH2][Zr](=[SiH2])([CH2]CCC)([c]1ccccc1)([c]1ccccc1)([CH]1C(C)=Cc2c(-c3ccccc3)cccc21)[CH]1C(C)=Cc2c(-c3ccccc3)cccc21. The van der Waals surface area contributed by atoms with Gasteiger partial charge in [0.2, 0.25) is 0 Å². The summed E-state index contributed by atoms with van der Waals surface area (Å²) in [6, 6.07) is 61.3. The molecule has 0 saturated heterocycles. The van der Waals surface area contributed by atoms with Gasteiger partial charge in [0.05, 0.1) is 0 Å².